The van der Waals surface area contributed by atoms with Crippen molar-refractivity contribution in [2.45, 2.75) is 56.8 Å². The van der Waals surface area contributed by atoms with Gasteiger partial charge in [0.2, 0.25) is 5.91 Å². The van der Waals surface area contributed by atoms with E-state index in [-0.39, 0.29) is 18.5 Å². The first-order chi connectivity index (χ1) is 9.49. The lowest BCUT2D eigenvalue weighted by atomic mass is 10.1. The quantitative estimate of drug-likeness (QED) is 0.731. The van der Waals surface area contributed by atoms with Gasteiger partial charge < -0.3 is 20.5 Å². The average molecular weight is 284 g/mol. The molecule has 1 aliphatic carbocycles. The fourth-order valence-electron chi connectivity index (χ4n) is 2.96. The molecule has 2 rings (SSSR count). The lowest BCUT2D eigenvalue weighted by Crippen LogP contribution is -2.48. The number of carbonyl (C=O) groups excluding carboxylic acids is 2. The third-order valence-electron chi connectivity index (χ3n) is 3.95. The maximum absolute atomic E-state index is 12.4. The molecule has 0 radical (unpaired) electrons. The van der Waals surface area contributed by atoms with Crippen LogP contribution in [0.2, 0.25) is 0 Å². The Morgan fingerprint density at radius 2 is 1.70 bits per heavy atom. The van der Waals surface area contributed by atoms with E-state index in [1.54, 1.807) is 0 Å². The summed E-state index contributed by atoms with van der Waals surface area (Å²) in [5.41, 5.74) is 5.21. The number of carboxylic acid groups (broad SMARTS) is 1. The molecule has 20 heavy (non-hydrogen) atoms. The molecule has 2 amide bonds. The third kappa shape index (κ3) is 3.27. The van der Waals surface area contributed by atoms with Gasteiger partial charge in [-0.05, 0) is 25.7 Å². The van der Waals surface area contributed by atoms with E-state index in [2.05, 4.69) is 0 Å². The van der Waals surface area contributed by atoms with Crippen LogP contribution >= 0.6 is 0 Å². The molecule has 2 fully saturated rings. The fraction of sp³-hybridized carbons (Fsp3) is 0.769. The summed E-state index contributed by atoms with van der Waals surface area (Å²) in [5, 5.41) is 8.88. The molecular weight excluding hydrogens is 264 g/mol. The van der Waals surface area contributed by atoms with Crippen molar-refractivity contribution in [3.8, 4) is 0 Å². The molecule has 3 N–H and O–H groups in total. The molecule has 0 unspecified atom stereocenters. The molecule has 1 saturated carbocycles. The van der Waals surface area contributed by atoms with Crippen molar-refractivity contribution in [1.82, 2.24) is 4.90 Å². The number of carbonyl (C=O) groups is 3. The molecule has 0 aromatic carbocycles. The van der Waals surface area contributed by atoms with Gasteiger partial charge in [0.25, 0.3) is 5.91 Å². The van der Waals surface area contributed by atoms with Crippen LogP contribution in [0, 0.1) is 0 Å². The highest BCUT2D eigenvalue weighted by atomic mass is 16.5. The van der Waals surface area contributed by atoms with Crippen LogP contribution in [-0.2, 0) is 19.1 Å². The Morgan fingerprint density at radius 1 is 1.10 bits per heavy atom. The summed E-state index contributed by atoms with van der Waals surface area (Å²) in [7, 11) is 0. The second-order valence-corrected chi connectivity index (χ2v) is 5.40. The Kier molecular flexibility index (Phi) is 4.59. The first-order valence-corrected chi connectivity index (χ1v) is 6.96. The SMILES string of the molecule is NC(=O)CN(C(=O)[C@@H]1CC[C@H](C(=O)O)O1)C1CCCC1. The third-order valence-corrected chi connectivity index (χ3v) is 3.95. The number of rotatable bonds is 5. The van der Waals surface area contributed by atoms with Crippen molar-refractivity contribution in [2.24, 2.45) is 5.73 Å². The standard InChI is InChI=1S/C13H20N2O5/c14-11(16)7-15(8-3-1-2-4-8)12(17)9-5-6-10(20-9)13(18)19/h8-10H,1-7H2,(H2,14,16)(H,18,19)/t9-,10+/m0/s1. The van der Waals surface area contributed by atoms with Gasteiger partial charge in [-0.15, -0.1) is 0 Å². The smallest absolute Gasteiger partial charge is 0.332 e. The number of ether oxygens (including phenoxy) is 1. The number of hydrogen-bond acceptors (Lipinski definition) is 4. The van der Waals surface area contributed by atoms with Crippen LogP contribution in [0.1, 0.15) is 38.5 Å². The molecule has 112 valence electrons. The van der Waals surface area contributed by atoms with Crippen molar-refractivity contribution >= 4 is 17.8 Å². The van der Waals surface area contributed by atoms with E-state index in [4.69, 9.17) is 15.6 Å². The number of primary amides is 1. The lowest BCUT2D eigenvalue weighted by Gasteiger charge is -2.30. The van der Waals surface area contributed by atoms with Crippen LogP contribution in [0.4, 0.5) is 0 Å². The van der Waals surface area contributed by atoms with Crippen molar-refractivity contribution in [1.29, 1.82) is 0 Å². The minimum Gasteiger partial charge on any atom is -0.479 e. The van der Waals surface area contributed by atoms with Crippen molar-refractivity contribution < 1.29 is 24.2 Å². The monoisotopic (exact) mass is 284 g/mol. The minimum absolute atomic E-state index is 0.0162. The molecule has 0 spiro atoms. The number of nitrogens with two attached hydrogens (primary N) is 1. The highest BCUT2D eigenvalue weighted by molar-refractivity contribution is 5.87. The Morgan fingerprint density at radius 3 is 2.20 bits per heavy atom. The zero-order chi connectivity index (χ0) is 14.7. The summed E-state index contributed by atoms with van der Waals surface area (Å²) in [4.78, 5) is 35.9. The summed E-state index contributed by atoms with van der Waals surface area (Å²) < 4.78 is 5.26. The van der Waals surface area contributed by atoms with E-state index in [1.165, 1.54) is 4.90 Å². The molecule has 0 bridgehead atoms. The second kappa shape index (κ2) is 6.21. The molecule has 1 aliphatic heterocycles. The predicted molar refractivity (Wildman–Crippen MR) is 68.7 cm³/mol. The summed E-state index contributed by atoms with van der Waals surface area (Å²) >= 11 is 0. The zero-order valence-electron chi connectivity index (χ0n) is 11.3. The van der Waals surface area contributed by atoms with Crippen molar-refractivity contribution in [3.05, 3.63) is 0 Å². The Hall–Kier alpha value is -1.63. The van der Waals surface area contributed by atoms with Gasteiger partial charge in [0.15, 0.2) is 6.10 Å². The molecule has 1 heterocycles. The molecule has 7 heteroatoms. The van der Waals surface area contributed by atoms with Gasteiger partial charge in [0.1, 0.15) is 6.10 Å². The molecule has 2 atom stereocenters. The van der Waals surface area contributed by atoms with Gasteiger partial charge in [-0.2, -0.15) is 0 Å². The Balaban J connectivity index is 2.02. The highest BCUT2D eigenvalue weighted by Gasteiger charge is 2.39. The van der Waals surface area contributed by atoms with E-state index in [0.717, 1.165) is 25.7 Å². The maximum Gasteiger partial charge on any atom is 0.332 e. The molecule has 7 nitrogen and oxygen atoms in total. The number of aliphatic carboxylic acids is 1. The van der Waals surface area contributed by atoms with Gasteiger partial charge in [-0.1, -0.05) is 12.8 Å². The van der Waals surface area contributed by atoms with Crippen LogP contribution < -0.4 is 5.73 Å². The largest absolute Gasteiger partial charge is 0.479 e. The summed E-state index contributed by atoms with van der Waals surface area (Å²) in [6, 6.07) is 0.0162. The highest BCUT2D eigenvalue weighted by Crippen LogP contribution is 2.27. The van der Waals surface area contributed by atoms with Crippen LogP contribution in [0.3, 0.4) is 0 Å². The van der Waals surface area contributed by atoms with E-state index < -0.39 is 24.1 Å². The molecule has 2 aliphatic rings. The minimum atomic E-state index is -1.05. The topological polar surface area (TPSA) is 110 Å². The Labute approximate surface area is 117 Å². The van der Waals surface area contributed by atoms with E-state index in [9.17, 15) is 14.4 Å². The van der Waals surface area contributed by atoms with Gasteiger partial charge in [0.05, 0.1) is 6.54 Å². The number of hydrogen-bond donors (Lipinski definition) is 2. The maximum atomic E-state index is 12.4. The first-order valence-electron chi connectivity index (χ1n) is 6.96. The van der Waals surface area contributed by atoms with Crippen molar-refractivity contribution in [3.63, 3.8) is 0 Å². The first kappa shape index (κ1) is 14.8. The van der Waals surface area contributed by atoms with Gasteiger partial charge in [-0.3, -0.25) is 9.59 Å². The van der Waals surface area contributed by atoms with Gasteiger partial charge in [0, 0.05) is 6.04 Å². The fourth-order valence-corrected chi connectivity index (χ4v) is 2.96. The average Bonchev–Trinajstić information content (AvgIpc) is 3.05. The Bertz CT molecular complexity index is 406. The molecular formula is C13H20N2O5. The van der Waals surface area contributed by atoms with E-state index >= 15 is 0 Å². The van der Waals surface area contributed by atoms with Crippen LogP contribution in [-0.4, -0.2) is 52.6 Å². The van der Waals surface area contributed by atoms with Crippen LogP contribution in [0.25, 0.3) is 0 Å². The van der Waals surface area contributed by atoms with Gasteiger partial charge >= 0.3 is 5.97 Å². The van der Waals surface area contributed by atoms with E-state index in [1.807, 2.05) is 0 Å². The summed E-state index contributed by atoms with van der Waals surface area (Å²) in [6.45, 7) is -0.124. The lowest BCUT2D eigenvalue weighted by molar-refractivity contribution is -0.156. The summed E-state index contributed by atoms with van der Waals surface area (Å²) in [5.74, 6) is -1.92. The van der Waals surface area contributed by atoms with E-state index in [0.29, 0.717) is 12.8 Å². The molecule has 0 aromatic rings. The number of carboxylic acids is 1. The summed E-state index contributed by atoms with van der Waals surface area (Å²) in [6.07, 6.45) is 2.76. The van der Waals surface area contributed by atoms with Crippen LogP contribution in [0.5, 0.6) is 0 Å². The zero-order valence-corrected chi connectivity index (χ0v) is 11.3. The van der Waals surface area contributed by atoms with Crippen LogP contribution in [0.15, 0.2) is 0 Å². The van der Waals surface area contributed by atoms with Crippen molar-refractivity contribution in [2.75, 3.05) is 6.54 Å². The van der Waals surface area contributed by atoms with Gasteiger partial charge in [-0.25, -0.2) is 4.79 Å². The molecule has 0 aromatic heterocycles. The number of amides is 2. The molecule has 1 saturated heterocycles. The number of nitrogens with zero attached hydrogens (tertiary/aromatic N) is 1. The normalized spacial score (nSPS) is 26.6. The predicted octanol–water partition coefficient (Wildman–Crippen LogP) is -0.125. The second-order valence-electron chi connectivity index (χ2n) is 5.40.